The molecule has 2 fully saturated rings. The Balaban J connectivity index is 1.25. The molecular weight excluding hydrogens is 396 g/mol. The third kappa shape index (κ3) is 4.66. The Bertz CT molecular complexity index is 1010. The van der Waals surface area contributed by atoms with Crippen molar-refractivity contribution in [2.75, 3.05) is 31.5 Å². The van der Waals surface area contributed by atoms with Crippen LogP contribution in [-0.4, -0.2) is 68.0 Å². The third-order valence-electron chi connectivity index (χ3n) is 6.70. The molecule has 0 unspecified atom stereocenters. The van der Waals surface area contributed by atoms with Gasteiger partial charge in [0.05, 0.1) is 5.52 Å². The van der Waals surface area contributed by atoms with E-state index in [-0.39, 0.29) is 30.3 Å². The summed E-state index contributed by atoms with van der Waals surface area (Å²) in [7, 11) is 3.33. The molecule has 4 rings (SSSR count). The number of aryl methyl sites for hydroxylation is 2. The van der Waals surface area contributed by atoms with Crippen LogP contribution in [0.1, 0.15) is 44.9 Å². The average molecular weight is 429 g/mol. The van der Waals surface area contributed by atoms with E-state index in [1.54, 1.807) is 26.2 Å². The molecule has 1 saturated carbocycles. The van der Waals surface area contributed by atoms with Crippen LogP contribution in [0.5, 0.6) is 0 Å². The molecule has 1 saturated heterocycles. The molecule has 0 aromatic carbocycles. The van der Waals surface area contributed by atoms with Gasteiger partial charge < -0.3 is 10.2 Å². The van der Waals surface area contributed by atoms with E-state index in [1.807, 2.05) is 4.90 Å². The summed E-state index contributed by atoms with van der Waals surface area (Å²) in [5, 5.41) is 2.74. The number of nitrogens with one attached hydrogen (secondary N) is 1. The second-order valence-electron chi connectivity index (χ2n) is 8.70. The van der Waals surface area contributed by atoms with Crippen molar-refractivity contribution in [2.24, 2.45) is 14.1 Å². The van der Waals surface area contributed by atoms with Gasteiger partial charge >= 0.3 is 5.69 Å². The second kappa shape index (κ2) is 9.21. The van der Waals surface area contributed by atoms with E-state index in [1.165, 1.54) is 41.2 Å². The molecule has 0 radical (unpaired) electrons. The topological polar surface area (TPSA) is 92.5 Å². The van der Waals surface area contributed by atoms with E-state index in [2.05, 4.69) is 15.2 Å². The zero-order valence-electron chi connectivity index (χ0n) is 18.5. The van der Waals surface area contributed by atoms with Gasteiger partial charge in [-0.1, -0.05) is 19.3 Å². The Morgan fingerprint density at radius 2 is 1.71 bits per heavy atom. The van der Waals surface area contributed by atoms with Gasteiger partial charge in [-0.05, 0) is 25.0 Å². The lowest BCUT2D eigenvalue weighted by molar-refractivity contribution is -0.134. The SMILES string of the molecule is Cn1c(=O)n(C)c2nc(NC(=O)CCC(=O)N3CCN(C4CCCCC4)CC3)ccc21. The van der Waals surface area contributed by atoms with Gasteiger partial charge in [0.25, 0.3) is 0 Å². The summed E-state index contributed by atoms with van der Waals surface area (Å²) in [5.41, 5.74) is 1.05. The monoisotopic (exact) mass is 428 g/mol. The molecule has 9 heteroatoms. The first-order chi connectivity index (χ1) is 14.9. The van der Waals surface area contributed by atoms with Gasteiger partial charge in [0, 0.05) is 59.2 Å². The molecular formula is C22H32N6O3. The largest absolute Gasteiger partial charge is 0.340 e. The van der Waals surface area contributed by atoms with Gasteiger partial charge in [-0.15, -0.1) is 0 Å². The second-order valence-corrected chi connectivity index (χ2v) is 8.70. The third-order valence-corrected chi connectivity index (χ3v) is 6.70. The van der Waals surface area contributed by atoms with E-state index in [4.69, 9.17) is 0 Å². The van der Waals surface area contributed by atoms with Crippen LogP contribution in [0, 0.1) is 0 Å². The summed E-state index contributed by atoms with van der Waals surface area (Å²) >= 11 is 0. The molecule has 2 aromatic rings. The summed E-state index contributed by atoms with van der Waals surface area (Å²) in [6, 6.07) is 4.12. The normalized spacial score (nSPS) is 18.5. The molecule has 168 valence electrons. The van der Waals surface area contributed by atoms with Crippen LogP contribution in [-0.2, 0) is 23.7 Å². The Hall–Kier alpha value is -2.68. The lowest BCUT2D eigenvalue weighted by Crippen LogP contribution is -2.52. The van der Waals surface area contributed by atoms with E-state index in [0.29, 0.717) is 23.0 Å². The predicted octanol–water partition coefficient (Wildman–Crippen LogP) is 1.47. The van der Waals surface area contributed by atoms with Crippen LogP contribution < -0.4 is 11.0 Å². The zero-order chi connectivity index (χ0) is 22.0. The summed E-state index contributed by atoms with van der Waals surface area (Å²) in [4.78, 5) is 45.7. The minimum absolute atomic E-state index is 0.0345. The maximum absolute atomic E-state index is 12.6. The van der Waals surface area contributed by atoms with Crippen molar-refractivity contribution in [3.05, 3.63) is 22.6 Å². The van der Waals surface area contributed by atoms with Crippen molar-refractivity contribution >= 4 is 28.8 Å². The van der Waals surface area contributed by atoms with Crippen LogP contribution in [0.3, 0.4) is 0 Å². The van der Waals surface area contributed by atoms with Gasteiger partial charge in [0.15, 0.2) is 5.65 Å². The van der Waals surface area contributed by atoms with E-state index in [9.17, 15) is 14.4 Å². The molecule has 2 aromatic heterocycles. The molecule has 1 aliphatic heterocycles. The number of hydrogen-bond donors (Lipinski definition) is 1. The number of carbonyl (C=O) groups is 2. The van der Waals surface area contributed by atoms with Crippen molar-refractivity contribution in [2.45, 2.75) is 51.0 Å². The van der Waals surface area contributed by atoms with Crippen molar-refractivity contribution in [1.82, 2.24) is 23.9 Å². The van der Waals surface area contributed by atoms with E-state index >= 15 is 0 Å². The van der Waals surface area contributed by atoms with E-state index < -0.39 is 0 Å². The number of rotatable bonds is 5. The van der Waals surface area contributed by atoms with Gasteiger partial charge in [0.2, 0.25) is 11.8 Å². The van der Waals surface area contributed by atoms with Crippen LogP contribution in [0.4, 0.5) is 5.82 Å². The van der Waals surface area contributed by atoms with Crippen LogP contribution in [0.15, 0.2) is 16.9 Å². The maximum Gasteiger partial charge on any atom is 0.329 e. The van der Waals surface area contributed by atoms with Crippen molar-refractivity contribution in [1.29, 1.82) is 0 Å². The number of piperazine rings is 1. The minimum atomic E-state index is -0.248. The number of nitrogens with zero attached hydrogens (tertiary/aromatic N) is 5. The highest BCUT2D eigenvalue weighted by Gasteiger charge is 2.27. The number of aromatic nitrogens is 3. The Kier molecular flexibility index (Phi) is 6.41. The lowest BCUT2D eigenvalue weighted by Gasteiger charge is -2.40. The molecule has 31 heavy (non-hydrogen) atoms. The minimum Gasteiger partial charge on any atom is -0.340 e. The number of anilines is 1. The Morgan fingerprint density at radius 1 is 1.00 bits per heavy atom. The Morgan fingerprint density at radius 3 is 2.42 bits per heavy atom. The van der Waals surface area contributed by atoms with E-state index in [0.717, 1.165) is 26.2 Å². The molecule has 0 spiro atoms. The fourth-order valence-electron chi connectivity index (χ4n) is 4.80. The first-order valence-corrected chi connectivity index (χ1v) is 11.3. The fraction of sp³-hybridized carbons (Fsp3) is 0.636. The van der Waals surface area contributed by atoms with Crippen LogP contribution in [0.2, 0.25) is 0 Å². The number of carbonyl (C=O) groups excluding carboxylic acids is 2. The van der Waals surface area contributed by atoms with Gasteiger partial charge in [0.1, 0.15) is 5.82 Å². The summed E-state index contributed by atoms with van der Waals surface area (Å²) < 4.78 is 2.96. The molecule has 0 bridgehead atoms. The molecule has 0 atom stereocenters. The highest BCUT2D eigenvalue weighted by atomic mass is 16.2. The number of pyridine rings is 1. The number of fused-ring (bicyclic) bond motifs is 1. The summed E-state index contributed by atoms with van der Waals surface area (Å²) in [6.07, 6.45) is 6.87. The van der Waals surface area contributed by atoms with Crippen molar-refractivity contribution in [3.8, 4) is 0 Å². The summed E-state index contributed by atoms with van der Waals surface area (Å²) in [5.74, 6) is 0.168. The van der Waals surface area contributed by atoms with Crippen molar-refractivity contribution in [3.63, 3.8) is 0 Å². The standard InChI is InChI=1S/C22H32N6O3/c1-25-17-8-9-18(24-21(17)26(2)22(25)31)23-19(29)10-11-20(30)28-14-12-27(13-15-28)16-6-4-3-5-7-16/h8-9,16H,3-7,10-15H2,1-2H3,(H,23,24,29). The highest BCUT2D eigenvalue weighted by Crippen LogP contribution is 2.23. The quantitative estimate of drug-likeness (QED) is 0.779. The maximum atomic E-state index is 12.6. The highest BCUT2D eigenvalue weighted by molar-refractivity contribution is 5.93. The van der Waals surface area contributed by atoms with Gasteiger partial charge in [-0.25, -0.2) is 9.78 Å². The van der Waals surface area contributed by atoms with Gasteiger partial charge in [-0.2, -0.15) is 0 Å². The fourth-order valence-corrected chi connectivity index (χ4v) is 4.80. The lowest BCUT2D eigenvalue weighted by atomic mass is 9.94. The smallest absolute Gasteiger partial charge is 0.329 e. The molecule has 1 N–H and O–H groups in total. The predicted molar refractivity (Wildman–Crippen MR) is 119 cm³/mol. The van der Waals surface area contributed by atoms with Crippen molar-refractivity contribution < 1.29 is 9.59 Å². The molecule has 3 heterocycles. The molecule has 2 amide bonds. The van der Waals surface area contributed by atoms with Crippen LogP contribution in [0.25, 0.3) is 11.2 Å². The van der Waals surface area contributed by atoms with Gasteiger partial charge in [-0.3, -0.25) is 23.6 Å². The Labute approximate surface area is 182 Å². The number of amides is 2. The molecule has 2 aliphatic rings. The zero-order valence-corrected chi connectivity index (χ0v) is 18.5. The molecule has 9 nitrogen and oxygen atoms in total. The average Bonchev–Trinajstić information content (AvgIpc) is 3.02. The van der Waals surface area contributed by atoms with Crippen LogP contribution >= 0.6 is 0 Å². The number of imidazole rings is 1. The first kappa shape index (κ1) is 21.5. The number of hydrogen-bond acceptors (Lipinski definition) is 5. The molecule has 1 aliphatic carbocycles. The first-order valence-electron chi connectivity index (χ1n) is 11.3. The summed E-state index contributed by atoms with van der Waals surface area (Å²) in [6.45, 7) is 3.36.